The van der Waals surface area contributed by atoms with E-state index in [2.05, 4.69) is 41.6 Å². The summed E-state index contributed by atoms with van der Waals surface area (Å²) < 4.78 is 63.7. The summed E-state index contributed by atoms with van der Waals surface area (Å²) in [5, 5.41) is 0. The molecule has 1 heterocycles. The number of ether oxygens (including phenoxy) is 1. The van der Waals surface area contributed by atoms with Crippen LogP contribution in [0.4, 0.5) is 22.0 Å². The van der Waals surface area contributed by atoms with E-state index in [1.54, 1.807) is 0 Å². The standard InChI is InChI=1S/C7H2Br2F5NO/c8-3-1-2(16-7(12,13)14)4(6(10)11)5(9)15-3/h1,6H. The monoisotopic (exact) mass is 369 g/mol. The number of rotatable bonds is 2. The number of halogens is 7. The third-order valence-electron chi connectivity index (χ3n) is 1.39. The molecule has 90 valence electrons. The molecule has 0 saturated carbocycles. The van der Waals surface area contributed by atoms with Crippen molar-refractivity contribution in [3.8, 4) is 5.75 Å². The van der Waals surface area contributed by atoms with Crippen molar-refractivity contribution in [2.45, 2.75) is 12.8 Å². The maximum atomic E-state index is 12.5. The van der Waals surface area contributed by atoms with Gasteiger partial charge in [0.15, 0.2) is 0 Å². The Kier molecular flexibility index (Phi) is 4.11. The molecule has 0 amide bonds. The SMILES string of the molecule is FC(F)c1c(OC(F)(F)F)cc(Br)nc1Br. The molecule has 1 aromatic heterocycles. The molecule has 2 nitrogen and oxygen atoms in total. The fourth-order valence-corrected chi connectivity index (χ4v) is 2.06. The van der Waals surface area contributed by atoms with Crippen LogP contribution in [0, 0.1) is 0 Å². The van der Waals surface area contributed by atoms with Crippen molar-refractivity contribution >= 4 is 31.9 Å². The largest absolute Gasteiger partial charge is 0.573 e. The summed E-state index contributed by atoms with van der Waals surface area (Å²) in [5.41, 5.74) is -0.944. The van der Waals surface area contributed by atoms with E-state index in [1.165, 1.54) is 0 Å². The summed E-state index contributed by atoms with van der Waals surface area (Å²) in [4.78, 5) is 3.49. The van der Waals surface area contributed by atoms with E-state index >= 15 is 0 Å². The zero-order chi connectivity index (χ0) is 12.5. The van der Waals surface area contributed by atoms with Gasteiger partial charge in [0, 0.05) is 6.07 Å². The van der Waals surface area contributed by atoms with E-state index in [4.69, 9.17) is 0 Å². The van der Waals surface area contributed by atoms with Crippen LogP contribution in [0.15, 0.2) is 15.3 Å². The van der Waals surface area contributed by atoms with E-state index in [0.717, 1.165) is 6.07 Å². The van der Waals surface area contributed by atoms with Crippen molar-refractivity contribution in [3.63, 3.8) is 0 Å². The van der Waals surface area contributed by atoms with E-state index in [1.807, 2.05) is 0 Å². The Morgan fingerprint density at radius 3 is 2.25 bits per heavy atom. The summed E-state index contributed by atoms with van der Waals surface area (Å²) >= 11 is 5.41. The molecule has 0 saturated heterocycles. The molecule has 0 atom stereocenters. The zero-order valence-corrected chi connectivity index (χ0v) is 10.3. The predicted molar refractivity (Wildman–Crippen MR) is 51.3 cm³/mol. The van der Waals surface area contributed by atoms with E-state index in [9.17, 15) is 22.0 Å². The Morgan fingerprint density at radius 2 is 1.81 bits per heavy atom. The van der Waals surface area contributed by atoms with Gasteiger partial charge in [-0.05, 0) is 31.9 Å². The number of hydrogen-bond acceptors (Lipinski definition) is 2. The first kappa shape index (κ1) is 13.6. The summed E-state index contributed by atoms with van der Waals surface area (Å²) in [6.07, 6.45) is -8.17. The number of hydrogen-bond donors (Lipinski definition) is 0. The molecule has 0 radical (unpaired) electrons. The van der Waals surface area contributed by atoms with Crippen LogP contribution < -0.4 is 4.74 Å². The molecule has 0 aliphatic carbocycles. The lowest BCUT2D eigenvalue weighted by Gasteiger charge is -2.13. The molecule has 0 spiro atoms. The fourth-order valence-electron chi connectivity index (χ4n) is 0.881. The van der Waals surface area contributed by atoms with Crippen LogP contribution in [0.1, 0.15) is 12.0 Å². The van der Waals surface area contributed by atoms with Gasteiger partial charge in [-0.15, -0.1) is 13.2 Å². The van der Waals surface area contributed by atoms with Gasteiger partial charge in [-0.2, -0.15) is 0 Å². The zero-order valence-electron chi connectivity index (χ0n) is 7.16. The Balaban J connectivity index is 3.24. The highest BCUT2D eigenvalue weighted by atomic mass is 79.9. The number of nitrogens with zero attached hydrogens (tertiary/aromatic N) is 1. The lowest BCUT2D eigenvalue weighted by molar-refractivity contribution is -0.275. The fraction of sp³-hybridized carbons (Fsp3) is 0.286. The minimum Gasteiger partial charge on any atom is -0.405 e. The number of alkyl halides is 5. The van der Waals surface area contributed by atoms with Crippen LogP contribution in [-0.2, 0) is 0 Å². The second-order valence-corrected chi connectivity index (χ2v) is 4.06. The highest BCUT2D eigenvalue weighted by Gasteiger charge is 2.34. The Hall–Kier alpha value is -0.440. The van der Waals surface area contributed by atoms with Crippen LogP contribution >= 0.6 is 31.9 Å². The first-order valence-electron chi connectivity index (χ1n) is 3.60. The van der Waals surface area contributed by atoms with E-state index < -0.39 is 28.7 Å². The van der Waals surface area contributed by atoms with Gasteiger partial charge in [-0.1, -0.05) is 0 Å². The Bertz CT molecular complexity index is 395. The molecule has 1 rings (SSSR count). The molecule has 0 unspecified atom stereocenters. The molecule has 16 heavy (non-hydrogen) atoms. The van der Waals surface area contributed by atoms with E-state index in [-0.39, 0.29) is 4.60 Å². The van der Waals surface area contributed by atoms with Crippen LogP contribution in [0.3, 0.4) is 0 Å². The van der Waals surface area contributed by atoms with Crippen LogP contribution in [0.25, 0.3) is 0 Å². The Morgan fingerprint density at radius 1 is 1.25 bits per heavy atom. The van der Waals surface area contributed by atoms with Gasteiger partial charge >= 0.3 is 6.36 Å². The lowest BCUT2D eigenvalue weighted by atomic mass is 10.3. The highest BCUT2D eigenvalue weighted by Crippen LogP contribution is 2.38. The van der Waals surface area contributed by atoms with Gasteiger partial charge in [0.05, 0.1) is 5.56 Å². The average molecular weight is 371 g/mol. The van der Waals surface area contributed by atoms with Gasteiger partial charge in [0.1, 0.15) is 15.0 Å². The summed E-state index contributed by atoms with van der Waals surface area (Å²) in [5.74, 6) is -0.990. The summed E-state index contributed by atoms with van der Waals surface area (Å²) in [6, 6.07) is 0.722. The van der Waals surface area contributed by atoms with Crippen molar-refractivity contribution in [1.82, 2.24) is 4.98 Å². The molecule has 0 aliphatic rings. The van der Waals surface area contributed by atoms with Gasteiger partial charge in [-0.3, -0.25) is 0 Å². The highest BCUT2D eigenvalue weighted by molar-refractivity contribution is 9.11. The second kappa shape index (κ2) is 4.82. The maximum absolute atomic E-state index is 12.5. The van der Waals surface area contributed by atoms with Gasteiger partial charge in [0.2, 0.25) is 0 Å². The smallest absolute Gasteiger partial charge is 0.405 e. The molecule has 0 aliphatic heterocycles. The van der Waals surface area contributed by atoms with Crippen LogP contribution in [0.5, 0.6) is 5.75 Å². The molecule has 9 heteroatoms. The molecule has 0 bridgehead atoms. The maximum Gasteiger partial charge on any atom is 0.573 e. The first-order valence-corrected chi connectivity index (χ1v) is 5.19. The third kappa shape index (κ3) is 3.55. The first-order chi connectivity index (χ1) is 7.20. The molecule has 1 aromatic rings. The Labute approximate surface area is 103 Å². The van der Waals surface area contributed by atoms with Crippen molar-refractivity contribution in [2.75, 3.05) is 0 Å². The topological polar surface area (TPSA) is 22.1 Å². The van der Waals surface area contributed by atoms with E-state index in [0.29, 0.717) is 0 Å². The van der Waals surface area contributed by atoms with Gasteiger partial charge in [-0.25, -0.2) is 13.8 Å². The second-order valence-electron chi connectivity index (χ2n) is 2.50. The van der Waals surface area contributed by atoms with Gasteiger partial charge < -0.3 is 4.74 Å². The normalized spacial score (nSPS) is 12.0. The van der Waals surface area contributed by atoms with Crippen LogP contribution in [-0.4, -0.2) is 11.3 Å². The number of aromatic nitrogens is 1. The van der Waals surface area contributed by atoms with Crippen molar-refractivity contribution in [3.05, 3.63) is 20.8 Å². The quantitative estimate of drug-likeness (QED) is 0.567. The molecule has 0 N–H and O–H groups in total. The minimum absolute atomic E-state index is 0.0528. The minimum atomic E-state index is -5.04. The molecule has 0 aromatic carbocycles. The predicted octanol–water partition coefficient (Wildman–Crippen LogP) is 4.44. The number of pyridine rings is 1. The third-order valence-corrected chi connectivity index (χ3v) is 2.40. The summed E-state index contributed by atoms with van der Waals surface area (Å²) in [6.45, 7) is 0. The summed E-state index contributed by atoms with van der Waals surface area (Å²) in [7, 11) is 0. The average Bonchev–Trinajstić information content (AvgIpc) is 1.96. The van der Waals surface area contributed by atoms with Gasteiger partial charge in [0.25, 0.3) is 6.43 Å². The molecular weight excluding hydrogens is 369 g/mol. The van der Waals surface area contributed by atoms with Crippen LogP contribution in [0.2, 0.25) is 0 Å². The van der Waals surface area contributed by atoms with Crippen molar-refractivity contribution < 1.29 is 26.7 Å². The lowest BCUT2D eigenvalue weighted by Crippen LogP contribution is -2.18. The van der Waals surface area contributed by atoms with Crippen molar-refractivity contribution in [2.24, 2.45) is 0 Å². The molecular formula is C7H2Br2F5NO. The molecule has 0 fully saturated rings. The van der Waals surface area contributed by atoms with Crippen molar-refractivity contribution in [1.29, 1.82) is 0 Å².